The third-order valence-electron chi connectivity index (χ3n) is 5.17. The largest absolute Gasteiger partial charge is 0.461 e. The number of ether oxygens (including phenoxy) is 2. The molecule has 0 bridgehead atoms. The van der Waals surface area contributed by atoms with Gasteiger partial charge in [0.15, 0.2) is 11.4 Å². The van der Waals surface area contributed by atoms with E-state index in [1.54, 1.807) is 62.4 Å². The second kappa shape index (κ2) is 10.3. The number of hydrogen-bond donors (Lipinski definition) is 2. The van der Waals surface area contributed by atoms with Crippen LogP contribution in [0.1, 0.15) is 34.8 Å². The standard InChI is InChI=1S/C24H22Cl2N6O4/c1-3-35-23(33)19-17(21(27)31(29-19)15-9-5-13(25)6-10-15)18-20(24(34)36-4-2)30-32(22(18)28)16-11-7-14(26)8-12-16/h5-12H,3-4,27-28H2,1-2H3. The van der Waals surface area contributed by atoms with Crippen LogP contribution in [0.25, 0.3) is 22.5 Å². The van der Waals surface area contributed by atoms with Crippen LogP contribution in [0.2, 0.25) is 10.0 Å². The highest BCUT2D eigenvalue weighted by molar-refractivity contribution is 6.30. The number of carbonyl (C=O) groups excluding carboxylic acids is 2. The zero-order chi connectivity index (χ0) is 26.0. The molecule has 4 aromatic rings. The smallest absolute Gasteiger partial charge is 0.359 e. The van der Waals surface area contributed by atoms with E-state index in [-0.39, 0.29) is 47.4 Å². The molecule has 0 atom stereocenters. The second-order valence-corrected chi connectivity index (χ2v) is 8.31. The molecule has 2 aromatic heterocycles. The minimum atomic E-state index is -0.750. The van der Waals surface area contributed by atoms with Crippen LogP contribution in [0.15, 0.2) is 48.5 Å². The first-order valence-corrected chi connectivity index (χ1v) is 11.7. The van der Waals surface area contributed by atoms with E-state index in [0.717, 1.165) is 0 Å². The van der Waals surface area contributed by atoms with E-state index in [1.165, 1.54) is 9.36 Å². The van der Waals surface area contributed by atoms with E-state index < -0.39 is 11.9 Å². The zero-order valence-corrected chi connectivity index (χ0v) is 20.9. The third kappa shape index (κ3) is 4.60. The molecular formula is C24H22Cl2N6O4. The molecule has 186 valence electrons. The van der Waals surface area contributed by atoms with Gasteiger partial charge in [-0.25, -0.2) is 19.0 Å². The van der Waals surface area contributed by atoms with Crippen LogP contribution in [-0.4, -0.2) is 44.7 Å². The van der Waals surface area contributed by atoms with Crippen molar-refractivity contribution in [3.05, 3.63) is 70.0 Å². The molecule has 0 radical (unpaired) electrons. The van der Waals surface area contributed by atoms with Crippen LogP contribution in [-0.2, 0) is 9.47 Å². The molecular weight excluding hydrogens is 507 g/mol. The van der Waals surface area contributed by atoms with Gasteiger partial charge in [0.2, 0.25) is 0 Å². The number of nitrogens with zero attached hydrogens (tertiary/aromatic N) is 4. The number of esters is 2. The van der Waals surface area contributed by atoms with Crippen LogP contribution in [0.4, 0.5) is 11.6 Å². The van der Waals surface area contributed by atoms with E-state index in [4.69, 9.17) is 44.1 Å². The van der Waals surface area contributed by atoms with Gasteiger partial charge >= 0.3 is 11.9 Å². The number of halogens is 2. The van der Waals surface area contributed by atoms with Crippen molar-refractivity contribution in [1.82, 2.24) is 19.6 Å². The van der Waals surface area contributed by atoms with Crippen LogP contribution in [0.3, 0.4) is 0 Å². The molecule has 0 saturated heterocycles. The number of anilines is 2. The van der Waals surface area contributed by atoms with Crippen molar-refractivity contribution < 1.29 is 19.1 Å². The van der Waals surface area contributed by atoms with Gasteiger partial charge in [-0.15, -0.1) is 0 Å². The Hall–Kier alpha value is -4.02. The van der Waals surface area contributed by atoms with Gasteiger partial charge < -0.3 is 20.9 Å². The van der Waals surface area contributed by atoms with Crippen molar-refractivity contribution in [2.75, 3.05) is 24.7 Å². The van der Waals surface area contributed by atoms with Gasteiger partial charge in [-0.1, -0.05) is 23.2 Å². The lowest BCUT2D eigenvalue weighted by Crippen LogP contribution is -2.10. The lowest BCUT2D eigenvalue weighted by atomic mass is 10.0. The average Bonchev–Trinajstić information content (AvgIpc) is 3.37. The fraction of sp³-hybridized carbons (Fsp3) is 0.167. The van der Waals surface area contributed by atoms with Crippen molar-refractivity contribution in [3.63, 3.8) is 0 Å². The molecule has 4 N–H and O–H groups in total. The summed E-state index contributed by atoms with van der Waals surface area (Å²) in [6, 6.07) is 13.3. The molecule has 2 heterocycles. The molecule has 0 amide bonds. The predicted octanol–water partition coefficient (Wildman–Crippen LogP) is 4.55. The summed E-state index contributed by atoms with van der Waals surface area (Å²) in [4.78, 5) is 25.9. The highest BCUT2D eigenvalue weighted by Crippen LogP contribution is 2.39. The predicted molar refractivity (Wildman–Crippen MR) is 137 cm³/mol. The summed E-state index contributed by atoms with van der Waals surface area (Å²) in [5, 5.41) is 9.81. The van der Waals surface area contributed by atoms with E-state index in [9.17, 15) is 9.59 Å². The average molecular weight is 529 g/mol. The van der Waals surface area contributed by atoms with Crippen LogP contribution in [0.5, 0.6) is 0 Å². The monoisotopic (exact) mass is 528 g/mol. The molecule has 0 unspecified atom stereocenters. The van der Waals surface area contributed by atoms with E-state index in [2.05, 4.69) is 10.2 Å². The molecule has 10 nitrogen and oxygen atoms in total. The summed E-state index contributed by atoms with van der Waals surface area (Å²) >= 11 is 12.0. The minimum absolute atomic E-state index is 0.0354. The Kier molecular flexibility index (Phi) is 7.18. The molecule has 0 aliphatic heterocycles. The molecule has 0 aliphatic rings. The first kappa shape index (κ1) is 25.1. The first-order chi connectivity index (χ1) is 17.3. The maximum absolute atomic E-state index is 12.9. The maximum Gasteiger partial charge on any atom is 0.359 e. The lowest BCUT2D eigenvalue weighted by molar-refractivity contribution is 0.0507. The molecule has 4 rings (SSSR count). The summed E-state index contributed by atoms with van der Waals surface area (Å²) in [6.45, 7) is 3.51. The van der Waals surface area contributed by atoms with Crippen LogP contribution >= 0.6 is 23.2 Å². The summed E-state index contributed by atoms with van der Waals surface area (Å²) < 4.78 is 13.1. The number of nitrogen functional groups attached to an aromatic ring is 2. The highest BCUT2D eigenvalue weighted by atomic mass is 35.5. The van der Waals surface area contributed by atoms with Gasteiger partial charge in [0, 0.05) is 10.0 Å². The first-order valence-electron chi connectivity index (χ1n) is 10.9. The van der Waals surface area contributed by atoms with Gasteiger partial charge in [0.05, 0.1) is 35.7 Å². The topological polar surface area (TPSA) is 140 Å². The van der Waals surface area contributed by atoms with Crippen molar-refractivity contribution in [3.8, 4) is 22.5 Å². The number of carbonyl (C=O) groups is 2. The molecule has 2 aromatic carbocycles. The van der Waals surface area contributed by atoms with Gasteiger partial charge in [0.1, 0.15) is 11.6 Å². The number of rotatable bonds is 7. The number of benzene rings is 2. The molecule has 0 fully saturated rings. The SMILES string of the molecule is CCOC(=O)c1nn(-c2ccc(Cl)cc2)c(N)c1-c1c(C(=O)OCC)nn(-c2ccc(Cl)cc2)c1N. The van der Waals surface area contributed by atoms with Gasteiger partial charge in [-0.05, 0) is 62.4 Å². The molecule has 12 heteroatoms. The quantitative estimate of drug-likeness (QED) is 0.333. The Morgan fingerprint density at radius 2 is 1.06 bits per heavy atom. The molecule has 0 aliphatic carbocycles. The molecule has 0 saturated carbocycles. The Morgan fingerprint density at radius 3 is 1.36 bits per heavy atom. The van der Waals surface area contributed by atoms with Gasteiger partial charge in [0.25, 0.3) is 0 Å². The second-order valence-electron chi connectivity index (χ2n) is 7.44. The fourth-order valence-corrected chi connectivity index (χ4v) is 3.85. The number of hydrogen-bond acceptors (Lipinski definition) is 8. The normalized spacial score (nSPS) is 10.9. The third-order valence-corrected chi connectivity index (χ3v) is 5.68. The van der Waals surface area contributed by atoms with Crippen molar-refractivity contribution in [1.29, 1.82) is 0 Å². The van der Waals surface area contributed by atoms with E-state index in [0.29, 0.717) is 21.4 Å². The minimum Gasteiger partial charge on any atom is -0.461 e. The summed E-state index contributed by atoms with van der Waals surface area (Å²) in [7, 11) is 0. The summed E-state index contributed by atoms with van der Waals surface area (Å²) in [5.41, 5.74) is 14.0. The van der Waals surface area contributed by atoms with Gasteiger partial charge in [-0.3, -0.25) is 0 Å². The van der Waals surface area contributed by atoms with Crippen LogP contribution in [0, 0.1) is 0 Å². The van der Waals surface area contributed by atoms with Crippen molar-refractivity contribution >= 4 is 46.8 Å². The molecule has 0 spiro atoms. The number of nitrogens with two attached hydrogens (primary N) is 2. The Morgan fingerprint density at radius 1 is 0.722 bits per heavy atom. The summed E-state index contributed by atoms with van der Waals surface area (Å²) in [5.74, 6) is -1.43. The lowest BCUT2D eigenvalue weighted by Gasteiger charge is -2.08. The maximum atomic E-state index is 12.9. The van der Waals surface area contributed by atoms with E-state index >= 15 is 0 Å². The Bertz CT molecular complexity index is 1320. The fourth-order valence-electron chi connectivity index (χ4n) is 3.60. The van der Waals surface area contributed by atoms with E-state index in [1.807, 2.05) is 0 Å². The van der Waals surface area contributed by atoms with Crippen molar-refractivity contribution in [2.45, 2.75) is 13.8 Å². The Balaban J connectivity index is 2.02. The summed E-state index contributed by atoms with van der Waals surface area (Å²) in [6.07, 6.45) is 0. The Labute approximate surface area is 216 Å². The highest BCUT2D eigenvalue weighted by Gasteiger charge is 2.33. The van der Waals surface area contributed by atoms with Gasteiger partial charge in [-0.2, -0.15) is 10.2 Å². The number of aromatic nitrogens is 4. The zero-order valence-electron chi connectivity index (χ0n) is 19.4. The van der Waals surface area contributed by atoms with Crippen molar-refractivity contribution in [2.24, 2.45) is 0 Å². The molecule has 36 heavy (non-hydrogen) atoms. The van der Waals surface area contributed by atoms with Crippen LogP contribution < -0.4 is 11.5 Å².